The number of carbonyl (C=O) groups excluding carboxylic acids is 2. The summed E-state index contributed by atoms with van der Waals surface area (Å²) in [4.78, 5) is 23.3. The Hall–Kier alpha value is -1.06. The maximum Gasteiger partial charge on any atom is 0.219 e. The van der Waals surface area contributed by atoms with Crippen molar-refractivity contribution in [1.82, 2.24) is 10.2 Å². The fourth-order valence-corrected chi connectivity index (χ4v) is 2.20. The van der Waals surface area contributed by atoms with E-state index in [9.17, 15) is 9.59 Å². The van der Waals surface area contributed by atoms with E-state index in [-0.39, 0.29) is 17.9 Å². The first-order chi connectivity index (χ1) is 8.65. The SMILES string of the molecule is CC(=O)NC1CCN(C(C)=O)C1.CCCC(C)(C)C. The van der Waals surface area contributed by atoms with Gasteiger partial charge in [0.1, 0.15) is 0 Å². The smallest absolute Gasteiger partial charge is 0.219 e. The van der Waals surface area contributed by atoms with Crippen molar-refractivity contribution in [3.05, 3.63) is 0 Å². The number of rotatable bonds is 2. The highest BCUT2D eigenvalue weighted by Gasteiger charge is 2.24. The van der Waals surface area contributed by atoms with Crippen LogP contribution in [0.5, 0.6) is 0 Å². The van der Waals surface area contributed by atoms with Crippen LogP contribution in [0.25, 0.3) is 0 Å². The van der Waals surface area contributed by atoms with Crippen molar-refractivity contribution in [3.8, 4) is 0 Å². The van der Waals surface area contributed by atoms with E-state index in [4.69, 9.17) is 0 Å². The molecular formula is C15H30N2O2. The van der Waals surface area contributed by atoms with Crippen LogP contribution < -0.4 is 5.32 Å². The van der Waals surface area contributed by atoms with Gasteiger partial charge in [-0.1, -0.05) is 34.1 Å². The lowest BCUT2D eigenvalue weighted by molar-refractivity contribution is -0.128. The van der Waals surface area contributed by atoms with Crippen LogP contribution in [0.3, 0.4) is 0 Å². The van der Waals surface area contributed by atoms with E-state index in [0.717, 1.165) is 13.0 Å². The molecule has 1 atom stereocenters. The fourth-order valence-electron chi connectivity index (χ4n) is 2.20. The Morgan fingerprint density at radius 2 is 1.84 bits per heavy atom. The normalized spacial score (nSPS) is 18.6. The molecule has 0 radical (unpaired) electrons. The van der Waals surface area contributed by atoms with Gasteiger partial charge in [0.15, 0.2) is 0 Å². The van der Waals surface area contributed by atoms with Gasteiger partial charge in [-0.3, -0.25) is 9.59 Å². The minimum Gasteiger partial charge on any atom is -0.352 e. The quantitative estimate of drug-likeness (QED) is 0.838. The van der Waals surface area contributed by atoms with Crippen molar-refractivity contribution in [2.45, 2.75) is 66.8 Å². The molecule has 0 aromatic carbocycles. The molecular weight excluding hydrogens is 240 g/mol. The summed E-state index contributed by atoms with van der Waals surface area (Å²) in [5, 5.41) is 2.79. The zero-order valence-corrected chi connectivity index (χ0v) is 13.4. The van der Waals surface area contributed by atoms with Gasteiger partial charge in [-0.25, -0.2) is 0 Å². The molecule has 0 spiro atoms. The van der Waals surface area contributed by atoms with Gasteiger partial charge in [0.25, 0.3) is 0 Å². The largest absolute Gasteiger partial charge is 0.352 e. The molecule has 4 nitrogen and oxygen atoms in total. The van der Waals surface area contributed by atoms with E-state index < -0.39 is 0 Å². The van der Waals surface area contributed by atoms with Crippen LogP contribution in [0.4, 0.5) is 0 Å². The number of nitrogens with zero attached hydrogens (tertiary/aromatic N) is 1. The van der Waals surface area contributed by atoms with Crippen LogP contribution in [0.15, 0.2) is 0 Å². The van der Waals surface area contributed by atoms with Crippen LogP contribution in [-0.2, 0) is 9.59 Å². The Morgan fingerprint density at radius 3 is 2.11 bits per heavy atom. The van der Waals surface area contributed by atoms with Crippen LogP contribution in [-0.4, -0.2) is 35.8 Å². The van der Waals surface area contributed by atoms with Crippen molar-refractivity contribution in [1.29, 1.82) is 0 Å². The van der Waals surface area contributed by atoms with Crippen LogP contribution in [0.2, 0.25) is 0 Å². The molecule has 1 fully saturated rings. The topological polar surface area (TPSA) is 49.4 Å². The lowest BCUT2D eigenvalue weighted by atomic mass is 9.91. The maximum atomic E-state index is 10.9. The number of nitrogens with one attached hydrogen (secondary N) is 1. The van der Waals surface area contributed by atoms with Crippen molar-refractivity contribution in [3.63, 3.8) is 0 Å². The summed E-state index contributed by atoms with van der Waals surface area (Å²) in [7, 11) is 0. The first-order valence-corrected chi connectivity index (χ1v) is 7.18. The van der Waals surface area contributed by atoms with E-state index in [1.807, 2.05) is 0 Å². The predicted octanol–water partition coefficient (Wildman–Crippen LogP) is 2.58. The van der Waals surface area contributed by atoms with Crippen molar-refractivity contribution in [2.24, 2.45) is 5.41 Å². The van der Waals surface area contributed by atoms with E-state index in [0.29, 0.717) is 12.0 Å². The van der Waals surface area contributed by atoms with Gasteiger partial charge in [0, 0.05) is 33.0 Å². The summed E-state index contributed by atoms with van der Waals surface area (Å²) in [6.07, 6.45) is 3.52. The van der Waals surface area contributed by atoms with Gasteiger partial charge in [-0.05, 0) is 18.3 Å². The summed E-state index contributed by atoms with van der Waals surface area (Å²) in [5.74, 6) is 0.0632. The van der Waals surface area contributed by atoms with Gasteiger partial charge in [-0.15, -0.1) is 0 Å². The molecule has 0 bridgehead atoms. The van der Waals surface area contributed by atoms with E-state index in [1.54, 1.807) is 11.8 Å². The first kappa shape index (κ1) is 17.9. The van der Waals surface area contributed by atoms with Crippen molar-refractivity contribution >= 4 is 11.8 Å². The first-order valence-electron chi connectivity index (χ1n) is 7.18. The van der Waals surface area contributed by atoms with E-state index in [2.05, 4.69) is 33.0 Å². The molecule has 1 saturated heterocycles. The molecule has 0 saturated carbocycles. The van der Waals surface area contributed by atoms with E-state index >= 15 is 0 Å². The zero-order valence-electron chi connectivity index (χ0n) is 13.4. The highest BCUT2D eigenvalue weighted by atomic mass is 16.2. The summed E-state index contributed by atoms with van der Waals surface area (Å²) < 4.78 is 0. The molecule has 0 aromatic rings. The monoisotopic (exact) mass is 270 g/mol. The second kappa shape index (κ2) is 8.18. The Morgan fingerprint density at radius 1 is 1.26 bits per heavy atom. The second-order valence-corrected chi connectivity index (χ2v) is 6.46. The number of carbonyl (C=O) groups is 2. The van der Waals surface area contributed by atoms with Crippen LogP contribution in [0.1, 0.15) is 60.8 Å². The Kier molecular flexibility index (Phi) is 7.72. The molecule has 1 N–H and O–H groups in total. The van der Waals surface area contributed by atoms with Crippen LogP contribution in [0, 0.1) is 5.41 Å². The summed E-state index contributed by atoms with van der Waals surface area (Å²) >= 11 is 0. The van der Waals surface area contributed by atoms with Crippen LogP contribution >= 0.6 is 0 Å². The summed E-state index contributed by atoms with van der Waals surface area (Å²) in [5.41, 5.74) is 0.550. The molecule has 112 valence electrons. The standard InChI is InChI=1S/C8H14N2O2.C7H16/c1-6(11)9-8-3-4-10(5-8)7(2)12;1-5-6-7(2,3)4/h8H,3-5H2,1-2H3,(H,9,11);5-6H2,1-4H3. The van der Waals surface area contributed by atoms with Gasteiger partial charge in [0.2, 0.25) is 11.8 Å². The molecule has 1 aliphatic rings. The molecule has 1 rings (SSSR count). The summed E-state index contributed by atoms with van der Waals surface area (Å²) in [6, 6.07) is 0.159. The van der Waals surface area contributed by atoms with Crippen molar-refractivity contribution < 1.29 is 9.59 Å². The number of hydrogen-bond donors (Lipinski definition) is 1. The maximum absolute atomic E-state index is 10.9. The van der Waals surface area contributed by atoms with Gasteiger partial charge in [-0.2, -0.15) is 0 Å². The lowest BCUT2D eigenvalue weighted by Gasteiger charge is -2.15. The van der Waals surface area contributed by atoms with Gasteiger partial charge >= 0.3 is 0 Å². The molecule has 4 heteroatoms. The second-order valence-electron chi connectivity index (χ2n) is 6.46. The average molecular weight is 270 g/mol. The molecule has 1 unspecified atom stereocenters. The van der Waals surface area contributed by atoms with E-state index in [1.165, 1.54) is 19.8 Å². The third-order valence-corrected chi connectivity index (χ3v) is 3.04. The highest BCUT2D eigenvalue weighted by Crippen LogP contribution is 2.19. The Labute approximate surface area is 117 Å². The average Bonchev–Trinajstić information content (AvgIpc) is 2.64. The predicted molar refractivity (Wildman–Crippen MR) is 78.8 cm³/mol. The fraction of sp³-hybridized carbons (Fsp3) is 0.867. The Balaban J connectivity index is 0.000000399. The molecule has 1 heterocycles. The molecule has 1 aliphatic heterocycles. The number of hydrogen-bond acceptors (Lipinski definition) is 2. The Bertz CT molecular complexity index is 295. The van der Waals surface area contributed by atoms with Crippen molar-refractivity contribution in [2.75, 3.05) is 13.1 Å². The van der Waals surface area contributed by atoms with Gasteiger partial charge < -0.3 is 10.2 Å². The number of amides is 2. The lowest BCUT2D eigenvalue weighted by Crippen LogP contribution is -2.36. The minimum atomic E-state index is -0.0228. The molecule has 19 heavy (non-hydrogen) atoms. The van der Waals surface area contributed by atoms with Gasteiger partial charge in [0.05, 0.1) is 0 Å². The minimum absolute atomic E-state index is 0.0228. The third kappa shape index (κ3) is 9.51. The number of likely N-dealkylation sites (tertiary alicyclic amines) is 1. The highest BCUT2D eigenvalue weighted by molar-refractivity contribution is 5.75. The zero-order chi connectivity index (χ0) is 15.1. The molecule has 2 amide bonds. The molecule has 0 aliphatic carbocycles. The third-order valence-electron chi connectivity index (χ3n) is 3.04. The summed E-state index contributed by atoms with van der Waals surface area (Å²) in [6.45, 7) is 13.5. The molecule has 0 aromatic heterocycles.